The minimum absolute atomic E-state index is 0.434. The second-order valence-electron chi connectivity index (χ2n) is 12.6. The maximum Gasteiger partial charge on any atom is 0.0727 e. The minimum atomic E-state index is -0.434. The van der Waals surface area contributed by atoms with Gasteiger partial charge in [0.1, 0.15) is 0 Å². The van der Waals surface area contributed by atoms with E-state index >= 15 is 0 Å². The summed E-state index contributed by atoms with van der Waals surface area (Å²) in [6.07, 6.45) is 0. The maximum absolute atomic E-state index is 3.85. The second-order valence-corrected chi connectivity index (χ2v) is 13.6. The van der Waals surface area contributed by atoms with E-state index in [0.717, 1.165) is 9.99 Å². The van der Waals surface area contributed by atoms with E-state index in [1.54, 1.807) is 0 Å². The molecule has 2 nitrogen and oxygen atoms in total. The zero-order valence-electron chi connectivity index (χ0n) is 24.7. The molecule has 7 aromatic carbocycles. The Kier molecular flexibility index (Phi) is 4.68. The van der Waals surface area contributed by atoms with Gasteiger partial charge in [-0.3, -0.25) is 0 Å². The third kappa shape index (κ3) is 2.84. The summed E-state index contributed by atoms with van der Waals surface area (Å²) < 4.78 is 3.58. The molecule has 0 saturated heterocycles. The first-order valence-electron chi connectivity index (χ1n) is 15.8. The van der Waals surface area contributed by atoms with Gasteiger partial charge >= 0.3 is 0 Å². The number of para-hydroxylation sites is 2. The number of rotatable bonds is 1. The number of hydrogen-bond acceptors (Lipinski definition) is 0. The van der Waals surface area contributed by atoms with Crippen LogP contribution in [0.1, 0.15) is 22.3 Å². The number of nitrogens with zero attached hydrogens (tertiary/aromatic N) is 1. The van der Waals surface area contributed by atoms with E-state index in [4.69, 9.17) is 0 Å². The van der Waals surface area contributed by atoms with Crippen LogP contribution in [0.15, 0.2) is 150 Å². The number of aromatic nitrogens is 2. The maximum atomic E-state index is 3.85. The van der Waals surface area contributed by atoms with Crippen molar-refractivity contribution >= 4 is 59.5 Å². The van der Waals surface area contributed by atoms with Crippen LogP contribution in [0.4, 0.5) is 0 Å². The first-order chi connectivity index (χ1) is 22.7. The van der Waals surface area contributed by atoms with Crippen molar-refractivity contribution in [3.8, 4) is 27.9 Å². The Balaban J connectivity index is 1.35. The molecule has 1 N–H and O–H groups in total. The lowest BCUT2D eigenvalue weighted by atomic mass is 9.70. The lowest BCUT2D eigenvalue weighted by Crippen LogP contribution is -2.25. The molecular weight excluding hydrogens is 624 g/mol. The van der Waals surface area contributed by atoms with E-state index in [1.807, 2.05) is 0 Å². The quantitative estimate of drug-likeness (QED) is 0.183. The molecule has 2 aliphatic carbocycles. The average Bonchev–Trinajstić information content (AvgIpc) is 3.82. The molecule has 11 rings (SSSR count). The van der Waals surface area contributed by atoms with Gasteiger partial charge < -0.3 is 9.55 Å². The van der Waals surface area contributed by atoms with Gasteiger partial charge in [0.2, 0.25) is 0 Å². The number of halogens is 1. The molecule has 1 atom stereocenters. The summed E-state index contributed by atoms with van der Waals surface area (Å²) in [5, 5.41) is 5.06. The molecule has 0 saturated carbocycles. The Bertz CT molecular complexity index is 2770. The van der Waals surface area contributed by atoms with E-state index < -0.39 is 5.41 Å². The molecule has 0 radical (unpaired) electrons. The van der Waals surface area contributed by atoms with Crippen LogP contribution in [0.3, 0.4) is 0 Å². The van der Waals surface area contributed by atoms with Gasteiger partial charge in [-0.05, 0) is 69.8 Å². The summed E-state index contributed by atoms with van der Waals surface area (Å²) in [5.41, 5.74) is 16.3. The predicted octanol–water partition coefficient (Wildman–Crippen LogP) is 11.5. The van der Waals surface area contributed by atoms with E-state index in [9.17, 15) is 0 Å². The predicted molar refractivity (Wildman–Crippen MR) is 194 cm³/mol. The molecule has 2 heterocycles. The highest BCUT2D eigenvalue weighted by Crippen LogP contribution is 2.65. The van der Waals surface area contributed by atoms with Crippen molar-refractivity contribution < 1.29 is 0 Å². The molecule has 0 amide bonds. The van der Waals surface area contributed by atoms with E-state index in [-0.39, 0.29) is 0 Å². The number of benzene rings is 7. The molecule has 0 fully saturated rings. The third-order valence-corrected chi connectivity index (χ3v) is 11.1. The largest absolute Gasteiger partial charge is 0.354 e. The Hall–Kier alpha value is -5.38. The van der Waals surface area contributed by atoms with Crippen molar-refractivity contribution in [1.29, 1.82) is 0 Å². The summed E-state index contributed by atoms with van der Waals surface area (Å²) in [7, 11) is 0. The lowest BCUT2D eigenvalue weighted by molar-refractivity contribution is 0.795. The van der Waals surface area contributed by atoms with Crippen LogP contribution in [0.2, 0.25) is 0 Å². The monoisotopic (exact) mass is 648 g/mol. The molecule has 214 valence electrons. The molecule has 3 heteroatoms. The third-order valence-electron chi connectivity index (χ3n) is 10.6. The van der Waals surface area contributed by atoms with Crippen molar-refractivity contribution in [2.24, 2.45) is 0 Å². The van der Waals surface area contributed by atoms with Gasteiger partial charge in [-0.25, -0.2) is 0 Å². The Morgan fingerprint density at radius 2 is 1.15 bits per heavy atom. The summed E-state index contributed by atoms with van der Waals surface area (Å²) in [6.45, 7) is 0. The van der Waals surface area contributed by atoms with Crippen molar-refractivity contribution in [3.63, 3.8) is 0 Å². The van der Waals surface area contributed by atoms with Gasteiger partial charge in [0.05, 0.1) is 22.0 Å². The average molecular weight is 650 g/mol. The van der Waals surface area contributed by atoms with E-state index in [2.05, 4.69) is 171 Å². The Morgan fingerprint density at radius 1 is 0.500 bits per heavy atom. The molecule has 1 unspecified atom stereocenters. The number of H-pyrrole nitrogens is 1. The normalized spacial score (nSPS) is 16.0. The zero-order valence-corrected chi connectivity index (χ0v) is 26.3. The highest BCUT2D eigenvalue weighted by Gasteiger charge is 2.53. The van der Waals surface area contributed by atoms with Gasteiger partial charge in [-0.2, -0.15) is 0 Å². The van der Waals surface area contributed by atoms with Crippen molar-refractivity contribution in [3.05, 3.63) is 172 Å². The Labute approximate surface area is 273 Å². The minimum Gasteiger partial charge on any atom is -0.354 e. The number of aromatic amines is 1. The zero-order chi connectivity index (χ0) is 30.1. The van der Waals surface area contributed by atoms with Crippen LogP contribution < -0.4 is 0 Å². The van der Waals surface area contributed by atoms with Gasteiger partial charge in [0.25, 0.3) is 0 Å². The van der Waals surface area contributed by atoms with Crippen molar-refractivity contribution in [1.82, 2.24) is 9.55 Å². The molecular formula is C43H25BrN2. The molecule has 0 aliphatic heterocycles. The molecule has 2 aromatic heterocycles. The van der Waals surface area contributed by atoms with Gasteiger partial charge in [0.15, 0.2) is 0 Å². The van der Waals surface area contributed by atoms with Crippen LogP contribution in [-0.2, 0) is 5.41 Å². The molecule has 46 heavy (non-hydrogen) atoms. The fourth-order valence-electron chi connectivity index (χ4n) is 8.95. The van der Waals surface area contributed by atoms with Crippen LogP contribution in [0.5, 0.6) is 0 Å². The lowest BCUT2D eigenvalue weighted by Gasteiger charge is -2.30. The fraction of sp³-hybridized carbons (Fsp3) is 0.0233. The SMILES string of the molecule is Brc1ccc2[nH]c3c4c(ccc3c2c1)C1(c2ccccc2-4)c2ccccc2-c2c1ccc1c3ccccc3n(-c3ccccc3)c21. The first-order valence-corrected chi connectivity index (χ1v) is 16.6. The number of hydrogen-bond donors (Lipinski definition) is 1. The van der Waals surface area contributed by atoms with Gasteiger partial charge in [-0.1, -0.05) is 125 Å². The smallest absolute Gasteiger partial charge is 0.0727 e. The molecule has 0 bridgehead atoms. The number of fused-ring (bicyclic) bond motifs is 18. The summed E-state index contributed by atoms with van der Waals surface area (Å²) in [4.78, 5) is 3.85. The topological polar surface area (TPSA) is 20.7 Å². The van der Waals surface area contributed by atoms with E-state index in [0.29, 0.717) is 0 Å². The number of nitrogens with one attached hydrogen (secondary N) is 1. The van der Waals surface area contributed by atoms with Crippen LogP contribution in [-0.4, -0.2) is 9.55 Å². The molecule has 1 spiro atoms. The summed E-state index contributed by atoms with van der Waals surface area (Å²) in [6, 6.07) is 54.0. The second kappa shape index (κ2) is 8.66. The van der Waals surface area contributed by atoms with E-state index in [1.165, 1.54) is 88.3 Å². The summed E-state index contributed by atoms with van der Waals surface area (Å²) >= 11 is 3.71. The van der Waals surface area contributed by atoms with Crippen molar-refractivity contribution in [2.45, 2.75) is 5.41 Å². The van der Waals surface area contributed by atoms with Crippen LogP contribution >= 0.6 is 15.9 Å². The summed E-state index contributed by atoms with van der Waals surface area (Å²) in [5.74, 6) is 0. The van der Waals surface area contributed by atoms with Gasteiger partial charge in [-0.15, -0.1) is 0 Å². The Morgan fingerprint density at radius 3 is 1.96 bits per heavy atom. The highest BCUT2D eigenvalue weighted by atomic mass is 79.9. The van der Waals surface area contributed by atoms with Gasteiger partial charge in [0, 0.05) is 48.3 Å². The fourth-order valence-corrected chi connectivity index (χ4v) is 9.31. The first kappa shape index (κ1) is 24.9. The van der Waals surface area contributed by atoms with Crippen molar-refractivity contribution in [2.75, 3.05) is 0 Å². The van der Waals surface area contributed by atoms with Crippen LogP contribution in [0.25, 0.3) is 71.6 Å². The van der Waals surface area contributed by atoms with Crippen LogP contribution in [0, 0.1) is 0 Å². The highest BCUT2D eigenvalue weighted by molar-refractivity contribution is 9.10. The standard InChI is InChI=1S/C43H25BrN2/c44-25-18-23-37-32(24-25)28-19-21-35-39(41(28)45-37)30-13-4-7-15-33(30)43(35)34-16-8-5-14-31(34)40-36(43)22-20-29-27-12-6-9-17-38(27)46(42(29)40)26-10-2-1-3-11-26/h1-24,45H. The molecule has 2 aliphatic rings. The molecule has 9 aromatic rings.